The van der Waals surface area contributed by atoms with Crippen molar-refractivity contribution in [2.45, 2.75) is 57.0 Å². The van der Waals surface area contributed by atoms with Crippen LogP contribution in [0.15, 0.2) is 42.5 Å². The number of halogens is 2. The van der Waals surface area contributed by atoms with Crippen LogP contribution in [-0.4, -0.2) is 32.2 Å². The van der Waals surface area contributed by atoms with E-state index < -0.39 is 5.92 Å². The van der Waals surface area contributed by atoms with Gasteiger partial charge in [-0.3, -0.25) is 0 Å². The SMILES string of the molecule is CCCC[C@H]1Cc2cc(OC)ccc2[C@H](c2ccc(N3CCC(F)(F)C3)cc2)N1. The molecule has 1 fully saturated rings. The van der Waals surface area contributed by atoms with E-state index in [1.807, 2.05) is 18.2 Å². The third kappa shape index (κ3) is 4.40. The number of benzene rings is 2. The largest absolute Gasteiger partial charge is 0.497 e. The van der Waals surface area contributed by atoms with Crippen molar-refractivity contribution < 1.29 is 13.5 Å². The van der Waals surface area contributed by atoms with Crippen molar-refractivity contribution in [1.82, 2.24) is 5.32 Å². The Hall–Kier alpha value is -2.14. The second-order valence-corrected chi connectivity index (χ2v) is 8.33. The Morgan fingerprint density at radius 2 is 1.97 bits per heavy atom. The van der Waals surface area contributed by atoms with Crippen molar-refractivity contribution in [2.24, 2.45) is 0 Å². The van der Waals surface area contributed by atoms with Gasteiger partial charge in [-0.15, -0.1) is 0 Å². The number of hydrogen-bond acceptors (Lipinski definition) is 3. The molecule has 0 unspecified atom stereocenters. The minimum Gasteiger partial charge on any atom is -0.497 e. The summed E-state index contributed by atoms with van der Waals surface area (Å²) in [5.74, 6) is -1.68. The molecule has 4 rings (SSSR count). The van der Waals surface area contributed by atoms with Gasteiger partial charge in [0.2, 0.25) is 0 Å². The summed E-state index contributed by atoms with van der Waals surface area (Å²) >= 11 is 0. The number of fused-ring (bicyclic) bond motifs is 1. The lowest BCUT2D eigenvalue weighted by Gasteiger charge is -2.34. The Morgan fingerprint density at radius 1 is 1.17 bits per heavy atom. The number of rotatable bonds is 6. The van der Waals surface area contributed by atoms with Crippen LogP contribution in [0, 0.1) is 0 Å². The van der Waals surface area contributed by atoms with E-state index in [9.17, 15) is 8.78 Å². The fourth-order valence-corrected chi connectivity index (χ4v) is 4.56. The van der Waals surface area contributed by atoms with Gasteiger partial charge in [-0.2, -0.15) is 0 Å². The Morgan fingerprint density at radius 3 is 2.62 bits per heavy atom. The van der Waals surface area contributed by atoms with Gasteiger partial charge in [-0.25, -0.2) is 8.78 Å². The summed E-state index contributed by atoms with van der Waals surface area (Å²) in [5.41, 5.74) is 4.66. The van der Waals surface area contributed by atoms with Crippen LogP contribution in [0.2, 0.25) is 0 Å². The lowest BCUT2D eigenvalue weighted by molar-refractivity contribution is 0.0257. The van der Waals surface area contributed by atoms with E-state index >= 15 is 0 Å². The minimum atomic E-state index is -2.58. The normalized spacial score (nSPS) is 23.1. The average Bonchev–Trinajstić information content (AvgIpc) is 3.11. The first-order valence-corrected chi connectivity index (χ1v) is 10.6. The zero-order valence-electron chi connectivity index (χ0n) is 17.3. The molecular formula is C24H30F2N2O. The zero-order valence-corrected chi connectivity index (χ0v) is 17.3. The Labute approximate surface area is 172 Å². The molecule has 1 saturated heterocycles. The van der Waals surface area contributed by atoms with Crippen LogP contribution >= 0.6 is 0 Å². The molecule has 2 atom stereocenters. The average molecular weight is 401 g/mol. The van der Waals surface area contributed by atoms with E-state index in [0.717, 1.165) is 24.3 Å². The smallest absolute Gasteiger partial charge is 0.266 e. The van der Waals surface area contributed by atoms with Gasteiger partial charge in [0.25, 0.3) is 5.92 Å². The van der Waals surface area contributed by atoms with Crippen molar-refractivity contribution in [1.29, 1.82) is 0 Å². The highest BCUT2D eigenvalue weighted by molar-refractivity contribution is 5.51. The van der Waals surface area contributed by atoms with Crippen LogP contribution < -0.4 is 15.0 Å². The van der Waals surface area contributed by atoms with E-state index in [1.165, 1.54) is 29.5 Å². The number of nitrogens with zero attached hydrogens (tertiary/aromatic N) is 1. The second kappa shape index (κ2) is 8.31. The molecule has 156 valence electrons. The molecule has 29 heavy (non-hydrogen) atoms. The summed E-state index contributed by atoms with van der Waals surface area (Å²) in [7, 11) is 1.70. The van der Waals surface area contributed by atoms with Crippen molar-refractivity contribution in [3.05, 3.63) is 59.2 Å². The first-order chi connectivity index (χ1) is 14.0. The predicted octanol–water partition coefficient (Wildman–Crippen LogP) is 5.33. The molecule has 1 N–H and O–H groups in total. The van der Waals surface area contributed by atoms with Crippen molar-refractivity contribution >= 4 is 5.69 Å². The van der Waals surface area contributed by atoms with Gasteiger partial charge in [0.05, 0.1) is 19.7 Å². The van der Waals surface area contributed by atoms with E-state index in [1.54, 1.807) is 12.0 Å². The molecular weight excluding hydrogens is 370 g/mol. The van der Waals surface area contributed by atoms with Crippen LogP contribution in [0.3, 0.4) is 0 Å². The maximum Gasteiger partial charge on any atom is 0.266 e. The van der Waals surface area contributed by atoms with Crippen LogP contribution in [0.4, 0.5) is 14.5 Å². The number of alkyl halides is 2. The van der Waals surface area contributed by atoms with Gasteiger partial charge >= 0.3 is 0 Å². The molecule has 2 aliphatic rings. The molecule has 0 aromatic heterocycles. The lowest BCUT2D eigenvalue weighted by Crippen LogP contribution is -2.40. The summed E-state index contributed by atoms with van der Waals surface area (Å²) in [6.45, 7) is 2.45. The van der Waals surface area contributed by atoms with Gasteiger partial charge in [0.1, 0.15) is 5.75 Å². The van der Waals surface area contributed by atoms with Gasteiger partial charge in [-0.1, -0.05) is 38.0 Å². The summed E-state index contributed by atoms with van der Waals surface area (Å²) in [4.78, 5) is 1.78. The van der Waals surface area contributed by atoms with Gasteiger partial charge in [0, 0.05) is 24.7 Å². The quantitative estimate of drug-likeness (QED) is 0.709. The van der Waals surface area contributed by atoms with Crippen LogP contribution in [0.5, 0.6) is 5.75 Å². The molecule has 0 amide bonds. The maximum atomic E-state index is 13.6. The Bertz CT molecular complexity index is 837. The van der Waals surface area contributed by atoms with E-state index in [0.29, 0.717) is 12.6 Å². The third-order valence-electron chi connectivity index (χ3n) is 6.20. The van der Waals surface area contributed by atoms with Crippen molar-refractivity contribution in [2.75, 3.05) is 25.1 Å². The highest BCUT2D eigenvalue weighted by Gasteiger charge is 2.38. The van der Waals surface area contributed by atoms with Crippen molar-refractivity contribution in [3.63, 3.8) is 0 Å². The van der Waals surface area contributed by atoms with Gasteiger partial charge in [0.15, 0.2) is 0 Å². The lowest BCUT2D eigenvalue weighted by atomic mass is 9.85. The Kier molecular flexibility index (Phi) is 5.77. The first kappa shape index (κ1) is 20.1. The molecule has 2 heterocycles. The summed E-state index contributed by atoms with van der Waals surface area (Å²) in [6, 6.07) is 15.0. The van der Waals surface area contributed by atoms with Crippen LogP contribution in [-0.2, 0) is 6.42 Å². The third-order valence-corrected chi connectivity index (χ3v) is 6.20. The number of anilines is 1. The topological polar surface area (TPSA) is 24.5 Å². The van der Waals surface area contributed by atoms with Crippen LogP contribution in [0.1, 0.15) is 55.3 Å². The molecule has 0 radical (unpaired) electrons. The number of hydrogen-bond donors (Lipinski definition) is 1. The number of methoxy groups -OCH3 is 1. The molecule has 2 aromatic rings. The standard InChI is InChI=1S/C24H30F2N2O/c1-3-4-5-19-14-18-15-21(29-2)10-11-22(18)23(27-19)17-6-8-20(9-7-17)28-13-12-24(25,26)16-28/h6-11,15,19,23,27H,3-5,12-14,16H2,1-2H3/t19-,23-/m0/s1. The van der Waals surface area contributed by atoms with E-state index in [4.69, 9.17) is 4.74 Å². The van der Waals surface area contributed by atoms with Crippen molar-refractivity contribution in [3.8, 4) is 5.75 Å². The summed E-state index contributed by atoms with van der Waals surface area (Å²) in [6.07, 6.45) is 4.47. The molecule has 0 saturated carbocycles. The van der Waals surface area contributed by atoms with Crippen LogP contribution in [0.25, 0.3) is 0 Å². The Balaban J connectivity index is 1.59. The van der Waals surface area contributed by atoms with E-state index in [-0.39, 0.29) is 19.0 Å². The first-order valence-electron chi connectivity index (χ1n) is 10.6. The van der Waals surface area contributed by atoms with Gasteiger partial charge in [-0.05, 0) is 53.8 Å². The molecule has 5 heteroatoms. The minimum absolute atomic E-state index is 0.0623. The summed E-state index contributed by atoms with van der Waals surface area (Å²) in [5, 5.41) is 3.83. The fraction of sp³-hybridized carbons (Fsp3) is 0.500. The van der Waals surface area contributed by atoms with E-state index in [2.05, 4.69) is 36.5 Å². The highest BCUT2D eigenvalue weighted by Crippen LogP contribution is 2.36. The highest BCUT2D eigenvalue weighted by atomic mass is 19.3. The van der Waals surface area contributed by atoms with Gasteiger partial charge < -0.3 is 15.0 Å². The monoisotopic (exact) mass is 400 g/mol. The molecule has 2 aromatic carbocycles. The fourth-order valence-electron chi connectivity index (χ4n) is 4.56. The number of ether oxygens (including phenoxy) is 1. The molecule has 0 aliphatic carbocycles. The zero-order chi connectivity index (χ0) is 20.4. The molecule has 2 aliphatic heterocycles. The maximum absolute atomic E-state index is 13.6. The summed E-state index contributed by atoms with van der Waals surface area (Å²) < 4.78 is 32.6. The second-order valence-electron chi connectivity index (χ2n) is 8.33. The predicted molar refractivity (Wildman–Crippen MR) is 113 cm³/mol. The molecule has 0 bridgehead atoms. The number of nitrogens with one attached hydrogen (secondary N) is 1. The number of unbranched alkanes of at least 4 members (excludes halogenated alkanes) is 1. The molecule has 3 nitrogen and oxygen atoms in total. The molecule has 0 spiro atoms.